The molecule has 0 saturated carbocycles. The Morgan fingerprint density at radius 1 is 1.05 bits per heavy atom. The molecule has 0 bridgehead atoms. The molecule has 0 aliphatic carbocycles. The Morgan fingerprint density at radius 2 is 1.71 bits per heavy atom. The highest BCUT2D eigenvalue weighted by molar-refractivity contribution is 6.30. The number of anilines is 1. The van der Waals surface area contributed by atoms with Crippen molar-refractivity contribution in [1.82, 2.24) is 9.97 Å². The molecule has 2 N–H and O–H groups in total. The molecule has 4 nitrogen and oxygen atoms in total. The van der Waals surface area contributed by atoms with Gasteiger partial charge in [0.2, 0.25) is 11.8 Å². The van der Waals surface area contributed by atoms with Gasteiger partial charge in [0.15, 0.2) is 0 Å². The van der Waals surface area contributed by atoms with Crippen LogP contribution in [0.15, 0.2) is 36.4 Å². The van der Waals surface area contributed by atoms with Crippen LogP contribution < -0.4 is 10.5 Å². The molecule has 0 radical (unpaired) electrons. The number of rotatable bonds is 2. The van der Waals surface area contributed by atoms with Gasteiger partial charge in [0.05, 0.1) is 10.9 Å². The molecular weight excluding hydrogens is 286 g/mol. The Hall–Kier alpha value is -2.33. The predicted octanol–water partition coefficient (Wildman–Crippen LogP) is 4.27. The molecule has 21 heavy (non-hydrogen) atoms. The number of nitrogen functional groups attached to an aromatic ring is 1. The highest BCUT2D eigenvalue weighted by Gasteiger charge is 2.12. The van der Waals surface area contributed by atoms with E-state index < -0.39 is 0 Å². The van der Waals surface area contributed by atoms with E-state index in [0.717, 1.165) is 27.8 Å². The van der Waals surface area contributed by atoms with E-state index in [1.807, 2.05) is 50.2 Å². The number of ether oxygens (including phenoxy) is 1. The molecular formula is C16H14ClN3O. The number of para-hydroxylation sites is 1. The minimum absolute atomic E-state index is 0.188. The normalized spacial score (nSPS) is 10.8. The average Bonchev–Trinajstić information content (AvgIpc) is 2.42. The van der Waals surface area contributed by atoms with Crippen LogP contribution in [-0.2, 0) is 0 Å². The first-order valence-corrected chi connectivity index (χ1v) is 6.89. The summed E-state index contributed by atoms with van der Waals surface area (Å²) in [6.07, 6.45) is 0. The molecule has 2 aromatic carbocycles. The molecule has 0 saturated heterocycles. The molecule has 3 rings (SSSR count). The smallest absolute Gasteiger partial charge is 0.231 e. The molecule has 0 aliphatic heterocycles. The van der Waals surface area contributed by atoms with Gasteiger partial charge in [-0.15, -0.1) is 0 Å². The second kappa shape index (κ2) is 5.22. The first kappa shape index (κ1) is 13.6. The summed E-state index contributed by atoms with van der Waals surface area (Å²) < 4.78 is 6.00. The average molecular weight is 300 g/mol. The van der Waals surface area contributed by atoms with Gasteiger partial charge in [0.25, 0.3) is 0 Å². The molecule has 0 atom stereocenters. The third-order valence-corrected chi connectivity index (χ3v) is 3.43. The maximum Gasteiger partial charge on any atom is 0.231 e. The van der Waals surface area contributed by atoms with E-state index in [2.05, 4.69) is 9.97 Å². The molecule has 3 aromatic rings. The van der Waals surface area contributed by atoms with Crippen LogP contribution in [0.3, 0.4) is 0 Å². The molecule has 0 aliphatic rings. The van der Waals surface area contributed by atoms with E-state index >= 15 is 0 Å². The van der Waals surface area contributed by atoms with Gasteiger partial charge < -0.3 is 10.5 Å². The number of benzene rings is 2. The molecule has 1 heterocycles. The second-order valence-electron chi connectivity index (χ2n) is 4.87. The van der Waals surface area contributed by atoms with Crippen LogP contribution in [0.2, 0.25) is 5.02 Å². The zero-order valence-electron chi connectivity index (χ0n) is 11.7. The van der Waals surface area contributed by atoms with Crippen LogP contribution in [0.1, 0.15) is 11.1 Å². The van der Waals surface area contributed by atoms with Crippen LogP contribution in [0.4, 0.5) is 5.95 Å². The number of hydrogen-bond acceptors (Lipinski definition) is 4. The minimum atomic E-state index is 0.188. The molecule has 5 heteroatoms. The largest absolute Gasteiger partial charge is 0.438 e. The highest BCUT2D eigenvalue weighted by Crippen LogP contribution is 2.33. The molecule has 1 aromatic heterocycles. The van der Waals surface area contributed by atoms with Crippen LogP contribution in [-0.4, -0.2) is 9.97 Å². The fraction of sp³-hybridized carbons (Fsp3) is 0.125. The maximum atomic E-state index is 6.04. The lowest BCUT2D eigenvalue weighted by atomic mass is 10.1. The lowest BCUT2D eigenvalue weighted by Crippen LogP contribution is -2.00. The standard InChI is InChI=1S/C16H14ClN3O/c1-9-7-11(17)8-10(2)14(9)21-15-12-5-3-4-6-13(12)19-16(18)20-15/h3-8H,1-2H3,(H2,18,19,20). The summed E-state index contributed by atoms with van der Waals surface area (Å²) in [5, 5.41) is 1.50. The first-order chi connectivity index (χ1) is 10.0. The van der Waals surface area contributed by atoms with E-state index in [1.165, 1.54) is 0 Å². The van der Waals surface area contributed by atoms with Crippen molar-refractivity contribution >= 4 is 28.5 Å². The van der Waals surface area contributed by atoms with Crippen molar-refractivity contribution in [1.29, 1.82) is 0 Å². The number of aryl methyl sites for hydroxylation is 2. The van der Waals surface area contributed by atoms with Gasteiger partial charge in [-0.3, -0.25) is 0 Å². The Balaban J connectivity index is 2.15. The van der Waals surface area contributed by atoms with Crippen molar-refractivity contribution < 1.29 is 4.74 Å². The van der Waals surface area contributed by atoms with E-state index in [0.29, 0.717) is 10.9 Å². The van der Waals surface area contributed by atoms with Crippen LogP contribution in [0.5, 0.6) is 11.6 Å². The van der Waals surface area contributed by atoms with Crippen molar-refractivity contribution in [2.45, 2.75) is 13.8 Å². The second-order valence-corrected chi connectivity index (χ2v) is 5.31. The summed E-state index contributed by atoms with van der Waals surface area (Å²) in [6.45, 7) is 3.89. The molecule has 106 valence electrons. The van der Waals surface area contributed by atoms with Gasteiger partial charge in [-0.1, -0.05) is 23.7 Å². The summed E-state index contributed by atoms with van der Waals surface area (Å²) in [5.41, 5.74) is 8.40. The number of halogens is 1. The summed E-state index contributed by atoms with van der Waals surface area (Å²) >= 11 is 6.04. The quantitative estimate of drug-likeness (QED) is 0.767. The summed E-state index contributed by atoms with van der Waals surface area (Å²) in [4.78, 5) is 8.42. The lowest BCUT2D eigenvalue weighted by molar-refractivity contribution is 0.462. The third-order valence-electron chi connectivity index (χ3n) is 3.21. The van der Waals surface area contributed by atoms with Crippen LogP contribution in [0, 0.1) is 13.8 Å². The van der Waals surface area contributed by atoms with Crippen molar-refractivity contribution in [2.75, 3.05) is 5.73 Å². The Bertz CT molecular complexity index is 810. The minimum Gasteiger partial charge on any atom is -0.438 e. The van der Waals surface area contributed by atoms with Crippen molar-refractivity contribution in [3.8, 4) is 11.6 Å². The topological polar surface area (TPSA) is 61.0 Å². The fourth-order valence-electron chi connectivity index (χ4n) is 2.30. The van der Waals surface area contributed by atoms with E-state index in [-0.39, 0.29) is 5.95 Å². The van der Waals surface area contributed by atoms with Gasteiger partial charge in [-0.05, 0) is 49.2 Å². The highest BCUT2D eigenvalue weighted by atomic mass is 35.5. The molecule has 0 unspecified atom stereocenters. The SMILES string of the molecule is Cc1cc(Cl)cc(C)c1Oc1nc(N)nc2ccccc12. The number of fused-ring (bicyclic) bond motifs is 1. The van der Waals surface area contributed by atoms with Crippen molar-refractivity contribution in [3.63, 3.8) is 0 Å². The Morgan fingerprint density at radius 3 is 2.43 bits per heavy atom. The predicted molar refractivity (Wildman–Crippen MR) is 85.0 cm³/mol. The summed E-state index contributed by atoms with van der Waals surface area (Å²) in [7, 11) is 0. The van der Waals surface area contributed by atoms with Crippen LogP contribution >= 0.6 is 11.6 Å². The van der Waals surface area contributed by atoms with E-state index in [9.17, 15) is 0 Å². The number of nitrogens with two attached hydrogens (primary N) is 1. The third kappa shape index (κ3) is 2.62. The van der Waals surface area contributed by atoms with Crippen molar-refractivity contribution in [2.24, 2.45) is 0 Å². The van der Waals surface area contributed by atoms with E-state index in [1.54, 1.807) is 0 Å². The monoisotopic (exact) mass is 299 g/mol. The van der Waals surface area contributed by atoms with Gasteiger partial charge in [-0.25, -0.2) is 4.98 Å². The van der Waals surface area contributed by atoms with Crippen molar-refractivity contribution in [3.05, 3.63) is 52.5 Å². The molecule has 0 fully saturated rings. The zero-order chi connectivity index (χ0) is 15.0. The summed E-state index contributed by atoms with van der Waals surface area (Å²) in [6, 6.07) is 11.3. The molecule has 0 spiro atoms. The summed E-state index contributed by atoms with van der Waals surface area (Å²) in [5.74, 6) is 1.38. The van der Waals surface area contributed by atoms with Gasteiger partial charge in [0.1, 0.15) is 5.75 Å². The first-order valence-electron chi connectivity index (χ1n) is 6.51. The zero-order valence-corrected chi connectivity index (χ0v) is 12.5. The van der Waals surface area contributed by atoms with Crippen LogP contribution in [0.25, 0.3) is 10.9 Å². The number of nitrogens with zero attached hydrogens (tertiary/aromatic N) is 2. The fourth-order valence-corrected chi connectivity index (χ4v) is 2.62. The van der Waals surface area contributed by atoms with Gasteiger partial charge >= 0.3 is 0 Å². The van der Waals surface area contributed by atoms with Gasteiger partial charge in [-0.2, -0.15) is 4.98 Å². The lowest BCUT2D eigenvalue weighted by Gasteiger charge is -2.13. The molecule has 0 amide bonds. The van der Waals surface area contributed by atoms with Gasteiger partial charge in [0, 0.05) is 5.02 Å². The number of aromatic nitrogens is 2. The Kier molecular flexibility index (Phi) is 3.39. The maximum absolute atomic E-state index is 6.04. The number of hydrogen-bond donors (Lipinski definition) is 1. The Labute approximate surface area is 127 Å². The van der Waals surface area contributed by atoms with E-state index in [4.69, 9.17) is 22.1 Å².